The molecule has 0 saturated carbocycles. The molecule has 0 aliphatic carbocycles. The minimum absolute atomic E-state index is 0.0226. The summed E-state index contributed by atoms with van der Waals surface area (Å²) in [6, 6.07) is 7.04. The molecule has 11 heteroatoms. The molecule has 10 nitrogen and oxygen atoms in total. The monoisotopic (exact) mass is 495 g/mol. The van der Waals surface area contributed by atoms with Crippen LogP contribution in [0.25, 0.3) is 4.96 Å². The normalized spacial score (nSPS) is 20.6. The van der Waals surface area contributed by atoms with E-state index in [0.717, 1.165) is 11.4 Å². The Morgan fingerprint density at radius 1 is 1.06 bits per heavy atom. The molecule has 5 heterocycles. The van der Waals surface area contributed by atoms with Gasteiger partial charge in [0.2, 0.25) is 11.8 Å². The third kappa shape index (κ3) is 4.25. The van der Waals surface area contributed by atoms with Crippen LogP contribution in [0.1, 0.15) is 12.1 Å². The molecule has 3 aliphatic rings. The molecule has 182 valence electrons. The van der Waals surface area contributed by atoms with E-state index in [9.17, 15) is 14.4 Å². The van der Waals surface area contributed by atoms with Crippen LogP contribution >= 0.6 is 11.3 Å². The number of carbonyl (C=O) groups is 2. The number of benzene rings is 1. The summed E-state index contributed by atoms with van der Waals surface area (Å²) in [6.07, 6.45) is 1.94. The Hall–Kier alpha value is -3.44. The minimum Gasteiger partial charge on any atom is -0.486 e. The first-order valence-corrected chi connectivity index (χ1v) is 12.6. The maximum atomic E-state index is 13.2. The molecular formula is C24H25N5O5S. The van der Waals surface area contributed by atoms with Crippen LogP contribution in [0, 0.1) is 5.92 Å². The van der Waals surface area contributed by atoms with Crippen LogP contribution in [-0.4, -0.2) is 76.9 Å². The van der Waals surface area contributed by atoms with E-state index in [4.69, 9.17) is 9.47 Å². The van der Waals surface area contributed by atoms with E-state index in [0.29, 0.717) is 68.9 Å². The molecule has 6 rings (SSSR count). The summed E-state index contributed by atoms with van der Waals surface area (Å²) in [6.45, 7) is 4.51. The number of hydrogen-bond donors (Lipinski definition) is 0. The Kier molecular flexibility index (Phi) is 5.65. The van der Waals surface area contributed by atoms with Crippen molar-refractivity contribution in [2.45, 2.75) is 13.0 Å². The summed E-state index contributed by atoms with van der Waals surface area (Å²) >= 11 is 1.44. The first-order chi connectivity index (χ1) is 17.0. The average Bonchev–Trinajstić information content (AvgIpc) is 3.51. The SMILES string of the molecule is O=C([C@@H]1CC(=O)N(c2ccc3c(c2)OCCO3)C1)N1CCN(Cc2cc(=O)n3ccsc3n2)CC1. The highest BCUT2D eigenvalue weighted by atomic mass is 32.1. The van der Waals surface area contributed by atoms with Gasteiger partial charge in [-0.3, -0.25) is 23.7 Å². The standard InChI is InChI=1S/C24H25N5O5S/c30-21-11-16(14-29(21)18-1-2-19-20(13-18)34-9-8-33-19)23(32)27-5-3-26(4-6-27)15-17-12-22(31)28-7-10-35-24(28)25-17/h1-2,7,10,12-13,16H,3-6,8-9,11,14-15H2/t16-/m1/s1. The Bertz CT molecular complexity index is 1350. The highest BCUT2D eigenvalue weighted by molar-refractivity contribution is 7.15. The Labute approximate surface area is 205 Å². The molecule has 0 radical (unpaired) electrons. The van der Waals surface area contributed by atoms with Crippen LogP contribution in [0.5, 0.6) is 11.5 Å². The van der Waals surface area contributed by atoms with E-state index in [-0.39, 0.29) is 29.7 Å². The molecule has 0 bridgehead atoms. The van der Waals surface area contributed by atoms with Gasteiger partial charge in [-0.2, -0.15) is 0 Å². The maximum Gasteiger partial charge on any atom is 0.258 e. The number of fused-ring (bicyclic) bond motifs is 2. The van der Waals surface area contributed by atoms with Crippen molar-refractivity contribution in [1.82, 2.24) is 19.2 Å². The fraction of sp³-hybridized carbons (Fsp3) is 0.417. The van der Waals surface area contributed by atoms with Gasteiger partial charge in [0.15, 0.2) is 16.5 Å². The summed E-state index contributed by atoms with van der Waals surface area (Å²) in [5, 5.41) is 1.85. The summed E-state index contributed by atoms with van der Waals surface area (Å²) in [5.41, 5.74) is 1.40. The number of amides is 2. The van der Waals surface area contributed by atoms with Gasteiger partial charge in [0.1, 0.15) is 13.2 Å². The second-order valence-corrected chi connectivity index (χ2v) is 9.85. The minimum atomic E-state index is -0.356. The smallest absolute Gasteiger partial charge is 0.258 e. The van der Waals surface area contributed by atoms with Crippen molar-refractivity contribution >= 4 is 33.8 Å². The van der Waals surface area contributed by atoms with Crippen LogP contribution in [0.2, 0.25) is 0 Å². The van der Waals surface area contributed by atoms with E-state index >= 15 is 0 Å². The molecule has 1 atom stereocenters. The number of nitrogens with zero attached hydrogens (tertiary/aromatic N) is 5. The van der Waals surface area contributed by atoms with Crippen molar-refractivity contribution < 1.29 is 19.1 Å². The maximum absolute atomic E-state index is 13.2. The molecule has 1 aromatic carbocycles. The predicted octanol–water partition coefficient (Wildman–Crippen LogP) is 1.22. The molecule has 3 aromatic rings. The van der Waals surface area contributed by atoms with Gasteiger partial charge in [0.05, 0.1) is 11.6 Å². The topological polar surface area (TPSA) is 96.7 Å². The van der Waals surface area contributed by atoms with Gasteiger partial charge in [-0.05, 0) is 12.1 Å². The summed E-state index contributed by atoms with van der Waals surface area (Å²) in [7, 11) is 0. The summed E-state index contributed by atoms with van der Waals surface area (Å²) in [4.78, 5) is 49.2. The van der Waals surface area contributed by atoms with Crippen LogP contribution in [0.4, 0.5) is 5.69 Å². The molecule has 3 aliphatic heterocycles. The molecule has 2 amide bonds. The van der Waals surface area contributed by atoms with Gasteiger partial charge in [-0.25, -0.2) is 4.98 Å². The quantitative estimate of drug-likeness (QED) is 0.537. The number of rotatable bonds is 4. The highest BCUT2D eigenvalue weighted by Gasteiger charge is 2.38. The van der Waals surface area contributed by atoms with Crippen molar-refractivity contribution in [1.29, 1.82) is 0 Å². The fourth-order valence-corrected chi connectivity index (χ4v) is 5.64. The molecule has 2 fully saturated rings. The average molecular weight is 496 g/mol. The predicted molar refractivity (Wildman–Crippen MR) is 129 cm³/mol. The van der Waals surface area contributed by atoms with E-state index in [2.05, 4.69) is 9.88 Å². The fourth-order valence-electron chi connectivity index (χ4n) is 4.90. The number of aromatic nitrogens is 2. The van der Waals surface area contributed by atoms with Gasteiger partial charge in [0.25, 0.3) is 5.56 Å². The second-order valence-electron chi connectivity index (χ2n) is 8.98. The van der Waals surface area contributed by atoms with Crippen molar-refractivity contribution in [3.63, 3.8) is 0 Å². The van der Waals surface area contributed by atoms with Crippen molar-refractivity contribution in [2.24, 2.45) is 5.92 Å². The molecular weight excluding hydrogens is 470 g/mol. The van der Waals surface area contributed by atoms with Gasteiger partial charge < -0.3 is 19.3 Å². The van der Waals surface area contributed by atoms with Crippen LogP contribution in [0.15, 0.2) is 40.6 Å². The number of thiazole rings is 1. The van der Waals surface area contributed by atoms with Gasteiger partial charge in [-0.1, -0.05) is 0 Å². The third-order valence-electron chi connectivity index (χ3n) is 6.74. The molecule has 0 N–H and O–H groups in total. The van der Waals surface area contributed by atoms with Crippen molar-refractivity contribution in [3.05, 3.63) is 51.9 Å². The number of piperazine rings is 1. The lowest BCUT2D eigenvalue weighted by Gasteiger charge is -2.35. The lowest BCUT2D eigenvalue weighted by atomic mass is 10.1. The van der Waals surface area contributed by atoms with Crippen LogP contribution in [0.3, 0.4) is 0 Å². The summed E-state index contributed by atoms with van der Waals surface area (Å²) in [5.74, 6) is 0.912. The number of carbonyl (C=O) groups excluding carboxylic acids is 2. The lowest BCUT2D eigenvalue weighted by molar-refractivity contribution is -0.137. The molecule has 0 unspecified atom stereocenters. The zero-order chi connectivity index (χ0) is 23.9. The van der Waals surface area contributed by atoms with Gasteiger partial charge >= 0.3 is 0 Å². The van der Waals surface area contributed by atoms with Crippen molar-refractivity contribution in [3.8, 4) is 11.5 Å². The first-order valence-electron chi connectivity index (χ1n) is 11.7. The van der Waals surface area contributed by atoms with E-state index in [1.54, 1.807) is 21.6 Å². The largest absolute Gasteiger partial charge is 0.486 e. The van der Waals surface area contributed by atoms with E-state index in [1.807, 2.05) is 28.5 Å². The van der Waals surface area contributed by atoms with E-state index in [1.165, 1.54) is 11.3 Å². The molecule has 0 spiro atoms. The molecule has 2 aromatic heterocycles. The van der Waals surface area contributed by atoms with Gasteiger partial charge in [-0.15, -0.1) is 11.3 Å². The lowest BCUT2D eigenvalue weighted by Crippen LogP contribution is -2.50. The first kappa shape index (κ1) is 22.1. The Morgan fingerprint density at radius 3 is 2.69 bits per heavy atom. The number of hydrogen-bond acceptors (Lipinski definition) is 8. The summed E-state index contributed by atoms with van der Waals surface area (Å²) < 4.78 is 12.7. The Balaban J connectivity index is 1.06. The number of ether oxygens (including phenoxy) is 2. The van der Waals surface area contributed by atoms with Crippen LogP contribution < -0.4 is 19.9 Å². The zero-order valence-electron chi connectivity index (χ0n) is 19.1. The van der Waals surface area contributed by atoms with Crippen molar-refractivity contribution in [2.75, 3.05) is 50.8 Å². The van der Waals surface area contributed by atoms with Crippen LogP contribution in [-0.2, 0) is 16.1 Å². The third-order valence-corrected chi connectivity index (χ3v) is 7.49. The van der Waals surface area contributed by atoms with E-state index < -0.39 is 0 Å². The highest BCUT2D eigenvalue weighted by Crippen LogP contribution is 2.36. The Morgan fingerprint density at radius 2 is 1.86 bits per heavy atom. The van der Waals surface area contributed by atoms with Gasteiger partial charge in [0, 0.05) is 75.1 Å². The molecule has 35 heavy (non-hydrogen) atoms. The molecule has 2 saturated heterocycles. The zero-order valence-corrected chi connectivity index (χ0v) is 19.9. The number of anilines is 1. The second kappa shape index (κ2) is 8.97.